The molecule has 0 aliphatic heterocycles. The first kappa shape index (κ1) is 31.1. The van der Waals surface area contributed by atoms with Crippen molar-refractivity contribution in [1.82, 2.24) is 9.97 Å². The third kappa shape index (κ3) is 5.40. The molecule has 0 atom stereocenters. The summed E-state index contributed by atoms with van der Waals surface area (Å²) in [6, 6.07) is 49.6. The topological polar surface area (TPSA) is 76.6 Å². The van der Waals surface area contributed by atoms with Crippen molar-refractivity contribution in [2.45, 2.75) is 12.8 Å². The van der Waals surface area contributed by atoms with E-state index in [-0.39, 0.29) is 0 Å². The first-order valence-electron chi connectivity index (χ1n) is 17.2. The largest absolute Gasteiger partial charge is 0.308 e. The third-order valence-corrected chi connectivity index (χ3v) is 10.8. The predicted octanol–water partition coefficient (Wildman–Crippen LogP) is 12.3. The number of hydrogen-bond acceptors (Lipinski definition) is 6. The molecule has 0 saturated carbocycles. The van der Waals surface area contributed by atoms with Crippen molar-refractivity contribution in [3.63, 3.8) is 0 Å². The molecule has 0 saturated heterocycles. The maximum atomic E-state index is 10.8. The van der Waals surface area contributed by atoms with E-state index in [4.69, 9.17) is 9.97 Å². The van der Waals surface area contributed by atoms with Crippen LogP contribution in [0.1, 0.15) is 29.5 Å². The van der Waals surface area contributed by atoms with Crippen LogP contribution in [0.2, 0.25) is 0 Å². The molecule has 0 amide bonds. The molecule has 1 aliphatic rings. The predicted molar refractivity (Wildman–Crippen MR) is 214 cm³/mol. The molecular formula is C46H29N5S. The minimum atomic E-state index is 0.482. The van der Waals surface area contributed by atoms with Crippen LogP contribution >= 0.6 is 11.3 Å². The molecule has 1 aliphatic carbocycles. The van der Waals surface area contributed by atoms with Crippen LogP contribution in [0.25, 0.3) is 59.3 Å². The fourth-order valence-electron chi connectivity index (χ4n) is 7.12. The molecule has 0 fully saturated rings. The second-order valence-electron chi connectivity index (χ2n) is 12.7. The fraction of sp³-hybridized carbons (Fsp3) is 0.0435. The normalized spacial score (nSPS) is 12.5. The highest BCUT2D eigenvalue weighted by molar-refractivity contribution is 7.26. The number of aromatic nitrogens is 2. The van der Waals surface area contributed by atoms with Gasteiger partial charge in [-0.1, -0.05) is 103 Å². The molecule has 2 aromatic heterocycles. The standard InChI is InChI=1S/C46H29N5S/c47-28-34-15-9-18-39-43(34)44(50-46(49-39)32-13-5-2-6-14-32)33-23-26-40(35(27-33)29-48)51(36-24-21-31(22-25-36)30-11-3-1-4-12-30)41-19-10-17-38-37-16-7-8-20-42(37)52-45(38)41/h2-3,5-27H,1,4H2. The Morgan fingerprint density at radius 3 is 2.19 bits per heavy atom. The Kier molecular flexibility index (Phi) is 7.86. The highest BCUT2D eigenvalue weighted by atomic mass is 32.1. The van der Waals surface area contributed by atoms with E-state index < -0.39 is 0 Å². The van der Waals surface area contributed by atoms with Gasteiger partial charge in [-0.2, -0.15) is 10.5 Å². The quantitative estimate of drug-likeness (QED) is 0.174. The number of hydrogen-bond donors (Lipinski definition) is 0. The SMILES string of the molecule is N#Cc1cc(-c2nc(-c3ccccc3)nc3cccc(C#N)c23)ccc1N(c1ccc(C2=CCCC=C2)cc1)c1cccc2c1sc1ccccc12. The van der Waals surface area contributed by atoms with Crippen LogP contribution in [0.3, 0.4) is 0 Å². The van der Waals surface area contributed by atoms with E-state index >= 15 is 0 Å². The monoisotopic (exact) mass is 683 g/mol. The van der Waals surface area contributed by atoms with Crippen molar-refractivity contribution in [2.24, 2.45) is 0 Å². The van der Waals surface area contributed by atoms with Crippen LogP contribution in [0, 0.1) is 22.7 Å². The Labute approximate surface area is 305 Å². The van der Waals surface area contributed by atoms with E-state index in [9.17, 15) is 10.5 Å². The summed E-state index contributed by atoms with van der Waals surface area (Å²) < 4.78 is 2.36. The first-order valence-corrected chi connectivity index (χ1v) is 18.0. The molecule has 0 unspecified atom stereocenters. The van der Waals surface area contributed by atoms with E-state index in [1.165, 1.54) is 21.0 Å². The molecule has 0 N–H and O–H groups in total. The Morgan fingerprint density at radius 2 is 1.38 bits per heavy atom. The lowest BCUT2D eigenvalue weighted by atomic mass is 9.98. The molecule has 0 bridgehead atoms. The number of thiophene rings is 1. The molecule has 2 heterocycles. The van der Waals surface area contributed by atoms with Gasteiger partial charge in [0.1, 0.15) is 6.07 Å². The number of allylic oxidation sites excluding steroid dienone is 4. The lowest BCUT2D eigenvalue weighted by Gasteiger charge is -2.27. The van der Waals surface area contributed by atoms with Crippen LogP contribution in [-0.4, -0.2) is 9.97 Å². The molecule has 0 radical (unpaired) electrons. The summed E-state index contributed by atoms with van der Waals surface area (Å²) in [6.07, 6.45) is 8.81. The Balaban J connectivity index is 1.25. The van der Waals surface area contributed by atoms with Crippen molar-refractivity contribution in [1.29, 1.82) is 10.5 Å². The van der Waals surface area contributed by atoms with Crippen LogP contribution in [0.15, 0.2) is 152 Å². The number of nitriles is 2. The van der Waals surface area contributed by atoms with Gasteiger partial charge in [0.15, 0.2) is 5.82 Å². The Morgan fingerprint density at radius 1 is 0.615 bits per heavy atom. The fourth-order valence-corrected chi connectivity index (χ4v) is 8.32. The summed E-state index contributed by atoms with van der Waals surface area (Å²) in [6.45, 7) is 0. The van der Waals surface area contributed by atoms with E-state index in [1.54, 1.807) is 17.4 Å². The van der Waals surface area contributed by atoms with E-state index in [0.29, 0.717) is 33.5 Å². The highest BCUT2D eigenvalue weighted by Crippen LogP contribution is 2.46. The van der Waals surface area contributed by atoms with Gasteiger partial charge in [0.25, 0.3) is 0 Å². The zero-order valence-corrected chi connectivity index (χ0v) is 28.8. The van der Waals surface area contributed by atoms with Crippen LogP contribution in [0.5, 0.6) is 0 Å². The van der Waals surface area contributed by atoms with Gasteiger partial charge in [-0.15, -0.1) is 11.3 Å². The van der Waals surface area contributed by atoms with E-state index in [0.717, 1.165) is 51.3 Å². The van der Waals surface area contributed by atoms with Crippen molar-refractivity contribution in [3.05, 3.63) is 168 Å². The minimum Gasteiger partial charge on any atom is -0.308 e. The summed E-state index contributed by atoms with van der Waals surface area (Å²) in [4.78, 5) is 12.1. The number of rotatable bonds is 6. The van der Waals surface area contributed by atoms with Gasteiger partial charge in [-0.25, -0.2) is 9.97 Å². The molecule has 6 aromatic carbocycles. The Hall–Kier alpha value is -6.86. The minimum absolute atomic E-state index is 0.482. The van der Waals surface area contributed by atoms with Gasteiger partial charge in [-0.3, -0.25) is 0 Å². The van der Waals surface area contributed by atoms with Gasteiger partial charge < -0.3 is 4.90 Å². The van der Waals surface area contributed by atoms with Crippen molar-refractivity contribution in [2.75, 3.05) is 4.90 Å². The molecule has 5 nitrogen and oxygen atoms in total. The first-order chi connectivity index (χ1) is 25.7. The van der Waals surface area contributed by atoms with Crippen molar-refractivity contribution >= 4 is 65.0 Å². The molecule has 8 aromatic rings. The van der Waals surface area contributed by atoms with Gasteiger partial charge in [0.05, 0.1) is 44.5 Å². The third-order valence-electron chi connectivity index (χ3n) is 9.59. The number of fused-ring (bicyclic) bond motifs is 4. The maximum Gasteiger partial charge on any atom is 0.160 e. The summed E-state index contributed by atoms with van der Waals surface area (Å²) in [5.41, 5.74) is 8.94. The van der Waals surface area contributed by atoms with Gasteiger partial charge in [0.2, 0.25) is 0 Å². The molecule has 0 spiro atoms. The zero-order chi connectivity index (χ0) is 35.0. The highest BCUT2D eigenvalue weighted by Gasteiger charge is 2.23. The molecular weight excluding hydrogens is 655 g/mol. The smallest absolute Gasteiger partial charge is 0.160 e. The van der Waals surface area contributed by atoms with Crippen molar-refractivity contribution in [3.8, 4) is 34.8 Å². The maximum absolute atomic E-state index is 10.8. The summed E-state index contributed by atoms with van der Waals surface area (Å²) in [5.74, 6) is 0.557. The van der Waals surface area contributed by atoms with Crippen LogP contribution in [-0.2, 0) is 0 Å². The number of benzene rings is 6. The van der Waals surface area contributed by atoms with E-state index in [1.807, 2.05) is 60.7 Å². The summed E-state index contributed by atoms with van der Waals surface area (Å²) >= 11 is 1.76. The van der Waals surface area contributed by atoms with Gasteiger partial charge >= 0.3 is 0 Å². The van der Waals surface area contributed by atoms with Crippen LogP contribution < -0.4 is 4.90 Å². The number of anilines is 3. The molecule has 52 heavy (non-hydrogen) atoms. The summed E-state index contributed by atoms with van der Waals surface area (Å²) in [5, 5.41) is 24.0. The lowest BCUT2D eigenvalue weighted by molar-refractivity contribution is 1.04. The zero-order valence-electron chi connectivity index (χ0n) is 28.0. The average Bonchev–Trinajstić information content (AvgIpc) is 3.61. The number of nitrogens with zero attached hydrogens (tertiary/aromatic N) is 5. The molecule has 6 heteroatoms. The van der Waals surface area contributed by atoms with Crippen LogP contribution in [0.4, 0.5) is 17.1 Å². The molecule has 244 valence electrons. The van der Waals surface area contributed by atoms with Gasteiger partial charge in [-0.05, 0) is 72.5 Å². The lowest BCUT2D eigenvalue weighted by Crippen LogP contribution is -2.12. The van der Waals surface area contributed by atoms with Crippen molar-refractivity contribution < 1.29 is 0 Å². The van der Waals surface area contributed by atoms with Gasteiger partial charge in [0, 0.05) is 37.7 Å². The van der Waals surface area contributed by atoms with E-state index in [2.05, 4.69) is 102 Å². The second kappa shape index (κ2) is 13.1. The average molecular weight is 684 g/mol. The molecule has 9 rings (SSSR count). The second-order valence-corrected chi connectivity index (χ2v) is 13.7. The summed E-state index contributed by atoms with van der Waals surface area (Å²) in [7, 11) is 0. The Bertz CT molecular complexity index is 2820.